The van der Waals surface area contributed by atoms with Gasteiger partial charge in [0.25, 0.3) is 0 Å². The molecule has 0 saturated heterocycles. The minimum atomic E-state index is -1.67. The lowest BCUT2D eigenvalue weighted by molar-refractivity contribution is 0.334. The summed E-state index contributed by atoms with van der Waals surface area (Å²) < 4.78 is 11.1. The van der Waals surface area contributed by atoms with Crippen molar-refractivity contribution in [2.45, 2.75) is 38.9 Å². The average Bonchev–Trinajstić information content (AvgIpc) is 2.65. The first kappa shape index (κ1) is 13.3. The maximum absolute atomic E-state index is 6.08. The molecule has 90 valence electrons. The molecule has 1 rings (SSSR count). The molecule has 2 nitrogen and oxygen atoms in total. The van der Waals surface area contributed by atoms with E-state index in [1.54, 1.807) is 12.5 Å². The largest absolute Gasteiger partial charge is 0.472 e. The van der Waals surface area contributed by atoms with Crippen LogP contribution < -0.4 is 0 Å². The van der Waals surface area contributed by atoms with Crippen LogP contribution >= 0.6 is 0 Å². The highest BCUT2D eigenvalue weighted by atomic mass is 28.4. The second-order valence-corrected chi connectivity index (χ2v) is 10.5. The van der Waals surface area contributed by atoms with Gasteiger partial charge in [0.05, 0.1) is 19.1 Å². The first-order valence-electron chi connectivity index (χ1n) is 5.58. The van der Waals surface area contributed by atoms with Gasteiger partial charge in [-0.15, -0.1) is 0 Å². The van der Waals surface area contributed by atoms with E-state index >= 15 is 0 Å². The first-order chi connectivity index (χ1) is 7.24. The quantitative estimate of drug-likeness (QED) is 0.729. The number of hydrogen-bond donors (Lipinski definition) is 0. The topological polar surface area (TPSA) is 22.4 Å². The third-order valence-corrected chi connectivity index (χ3v) is 7.82. The predicted molar refractivity (Wildman–Crippen MR) is 70.9 cm³/mol. The second-order valence-electron chi connectivity index (χ2n) is 5.66. The fourth-order valence-corrected chi connectivity index (χ4v) is 2.00. The van der Waals surface area contributed by atoms with Crippen molar-refractivity contribution in [3.8, 4) is 0 Å². The summed E-state index contributed by atoms with van der Waals surface area (Å²) in [6.07, 6.45) is 3.37. The molecule has 0 N–H and O–H groups in total. The van der Waals surface area contributed by atoms with E-state index in [9.17, 15) is 0 Å². The molecule has 0 aliphatic carbocycles. The van der Waals surface area contributed by atoms with Gasteiger partial charge >= 0.3 is 0 Å². The summed E-state index contributed by atoms with van der Waals surface area (Å²) in [5.41, 5.74) is 2.01. The van der Waals surface area contributed by atoms with Crippen molar-refractivity contribution in [2.24, 2.45) is 0 Å². The van der Waals surface area contributed by atoms with Gasteiger partial charge in [-0.25, -0.2) is 0 Å². The Kier molecular flexibility index (Phi) is 3.81. The van der Waals surface area contributed by atoms with Crippen LogP contribution in [-0.2, 0) is 4.43 Å². The molecular formula is C13H22O2Si. The molecule has 3 heteroatoms. The molecule has 1 aromatic heterocycles. The molecule has 0 unspecified atom stereocenters. The Morgan fingerprint density at radius 3 is 2.50 bits per heavy atom. The third-order valence-electron chi connectivity index (χ3n) is 3.34. The van der Waals surface area contributed by atoms with Gasteiger partial charge in [-0.2, -0.15) is 0 Å². The fourth-order valence-electron chi connectivity index (χ4n) is 1.03. The highest BCUT2D eigenvalue weighted by Gasteiger charge is 2.37. The monoisotopic (exact) mass is 238 g/mol. The lowest BCUT2D eigenvalue weighted by atomic mass is 10.2. The third kappa shape index (κ3) is 3.09. The summed E-state index contributed by atoms with van der Waals surface area (Å²) in [5, 5.41) is 0.240. The van der Waals surface area contributed by atoms with Crippen LogP contribution in [-0.4, -0.2) is 14.9 Å². The molecule has 0 aliphatic heterocycles. The zero-order valence-electron chi connectivity index (χ0n) is 11.0. The van der Waals surface area contributed by atoms with E-state index in [-0.39, 0.29) is 5.04 Å². The Bertz CT molecular complexity index is 345. The van der Waals surface area contributed by atoms with Crippen molar-refractivity contribution in [1.82, 2.24) is 0 Å². The zero-order valence-corrected chi connectivity index (χ0v) is 12.0. The van der Waals surface area contributed by atoms with Gasteiger partial charge in [-0.1, -0.05) is 27.4 Å². The lowest BCUT2D eigenvalue weighted by Gasteiger charge is -2.36. The molecule has 16 heavy (non-hydrogen) atoms. The van der Waals surface area contributed by atoms with Crippen molar-refractivity contribution in [3.05, 3.63) is 30.7 Å². The van der Waals surface area contributed by atoms with E-state index in [0.717, 1.165) is 11.1 Å². The van der Waals surface area contributed by atoms with E-state index in [4.69, 9.17) is 8.84 Å². The smallest absolute Gasteiger partial charge is 0.192 e. The number of rotatable bonds is 4. The van der Waals surface area contributed by atoms with Crippen LogP contribution in [0.15, 0.2) is 29.6 Å². The minimum absolute atomic E-state index is 0.240. The van der Waals surface area contributed by atoms with E-state index in [2.05, 4.69) is 40.4 Å². The van der Waals surface area contributed by atoms with Crippen LogP contribution in [0.25, 0.3) is 5.57 Å². The molecule has 0 aromatic carbocycles. The fraction of sp³-hybridized carbons (Fsp3) is 0.538. The zero-order chi connectivity index (χ0) is 12.4. The van der Waals surface area contributed by atoms with E-state index < -0.39 is 8.32 Å². The molecule has 0 spiro atoms. The molecule has 0 atom stereocenters. The molecule has 0 amide bonds. The van der Waals surface area contributed by atoms with Crippen LogP contribution in [0.2, 0.25) is 18.1 Å². The molecule has 0 bridgehead atoms. The van der Waals surface area contributed by atoms with Gasteiger partial charge in [-0.3, -0.25) is 0 Å². The summed E-state index contributed by atoms with van der Waals surface area (Å²) in [7, 11) is -1.67. The van der Waals surface area contributed by atoms with Crippen LogP contribution in [0.3, 0.4) is 0 Å². The maximum Gasteiger partial charge on any atom is 0.192 e. The molecule has 1 aromatic rings. The molecule has 0 radical (unpaired) electrons. The normalized spacial score (nSPS) is 12.8. The Balaban J connectivity index is 2.56. The number of furan rings is 1. The highest BCUT2D eigenvalue weighted by Crippen LogP contribution is 2.37. The summed E-state index contributed by atoms with van der Waals surface area (Å²) in [6, 6.07) is 1.91. The second kappa shape index (κ2) is 4.59. The standard InChI is InChI=1S/C13H22O2Si/c1-11(12-7-8-14-10-12)9-15-16(5,6)13(2,3)4/h7-8,10H,1,9H2,2-6H3. The first-order valence-corrected chi connectivity index (χ1v) is 8.49. The van der Waals surface area contributed by atoms with Gasteiger partial charge in [0, 0.05) is 5.56 Å². The molecule has 0 saturated carbocycles. The van der Waals surface area contributed by atoms with Gasteiger partial charge in [0.15, 0.2) is 8.32 Å². The van der Waals surface area contributed by atoms with E-state index in [1.807, 2.05) is 6.07 Å². The molecule has 1 heterocycles. The van der Waals surface area contributed by atoms with E-state index in [1.165, 1.54) is 0 Å². The summed E-state index contributed by atoms with van der Waals surface area (Å²) in [4.78, 5) is 0. The van der Waals surface area contributed by atoms with Crippen LogP contribution in [0.1, 0.15) is 26.3 Å². The van der Waals surface area contributed by atoms with Crippen molar-refractivity contribution in [2.75, 3.05) is 6.61 Å². The van der Waals surface area contributed by atoms with Crippen LogP contribution in [0.5, 0.6) is 0 Å². The van der Waals surface area contributed by atoms with Crippen molar-refractivity contribution in [3.63, 3.8) is 0 Å². The van der Waals surface area contributed by atoms with Crippen molar-refractivity contribution >= 4 is 13.9 Å². The Hall–Kier alpha value is -0.803. The Morgan fingerprint density at radius 1 is 1.44 bits per heavy atom. The predicted octanol–water partition coefficient (Wildman–Crippen LogP) is 4.31. The van der Waals surface area contributed by atoms with Gasteiger partial charge in [-0.05, 0) is 29.8 Å². The van der Waals surface area contributed by atoms with E-state index in [0.29, 0.717) is 6.61 Å². The van der Waals surface area contributed by atoms with Crippen molar-refractivity contribution in [1.29, 1.82) is 0 Å². The SMILES string of the molecule is C=C(CO[Si](C)(C)C(C)(C)C)c1ccoc1. The molecular weight excluding hydrogens is 216 g/mol. The Labute approximate surface area is 99.4 Å². The maximum atomic E-state index is 6.08. The highest BCUT2D eigenvalue weighted by molar-refractivity contribution is 6.74. The summed E-state index contributed by atoms with van der Waals surface area (Å²) in [6.45, 7) is 15.8. The average molecular weight is 238 g/mol. The van der Waals surface area contributed by atoms with Crippen LogP contribution in [0, 0.1) is 0 Å². The Morgan fingerprint density at radius 2 is 2.06 bits per heavy atom. The summed E-state index contributed by atoms with van der Waals surface area (Å²) >= 11 is 0. The number of hydrogen-bond acceptors (Lipinski definition) is 2. The molecule has 0 aliphatic rings. The molecule has 0 fully saturated rings. The van der Waals surface area contributed by atoms with Crippen LogP contribution in [0.4, 0.5) is 0 Å². The minimum Gasteiger partial charge on any atom is -0.472 e. The van der Waals surface area contributed by atoms with Crippen molar-refractivity contribution < 1.29 is 8.84 Å². The van der Waals surface area contributed by atoms with Gasteiger partial charge < -0.3 is 8.84 Å². The van der Waals surface area contributed by atoms with Gasteiger partial charge in [0.1, 0.15) is 0 Å². The van der Waals surface area contributed by atoms with Gasteiger partial charge in [0.2, 0.25) is 0 Å². The lowest BCUT2D eigenvalue weighted by Crippen LogP contribution is -2.41. The summed E-state index contributed by atoms with van der Waals surface area (Å²) in [5.74, 6) is 0.